The molecule has 2 heterocycles. The Hall–Kier alpha value is -1.07. The number of nitrogens with zero attached hydrogens (tertiary/aromatic N) is 1. The van der Waals surface area contributed by atoms with E-state index in [1.54, 1.807) is 0 Å². The quantitative estimate of drug-likeness (QED) is 0.830. The molecule has 0 aliphatic carbocycles. The van der Waals surface area contributed by atoms with Gasteiger partial charge in [-0.25, -0.2) is 0 Å². The molecule has 0 bridgehead atoms. The zero-order valence-corrected chi connectivity index (χ0v) is 12.4. The van der Waals surface area contributed by atoms with E-state index in [-0.39, 0.29) is 5.92 Å². The van der Waals surface area contributed by atoms with E-state index in [0.717, 1.165) is 35.2 Å². The van der Waals surface area contributed by atoms with Crippen molar-refractivity contribution in [2.75, 3.05) is 25.0 Å². The summed E-state index contributed by atoms with van der Waals surface area (Å²) in [5, 5.41) is 13.0. The van der Waals surface area contributed by atoms with Crippen LogP contribution in [0.15, 0.2) is 22.7 Å². The fourth-order valence-electron chi connectivity index (χ4n) is 3.56. The minimum atomic E-state index is -0.717. The zero-order valence-electron chi connectivity index (χ0n) is 10.8. The Morgan fingerprint density at radius 1 is 1.53 bits per heavy atom. The van der Waals surface area contributed by atoms with Gasteiger partial charge in [-0.05, 0) is 40.5 Å². The van der Waals surface area contributed by atoms with E-state index in [9.17, 15) is 9.90 Å². The number of carbonyl (C=O) groups is 1. The van der Waals surface area contributed by atoms with Crippen molar-refractivity contribution >= 4 is 27.6 Å². The van der Waals surface area contributed by atoms with Gasteiger partial charge < -0.3 is 15.3 Å². The van der Waals surface area contributed by atoms with Crippen molar-refractivity contribution in [2.45, 2.75) is 18.4 Å². The summed E-state index contributed by atoms with van der Waals surface area (Å²) in [4.78, 5) is 14.0. The molecule has 2 N–H and O–H groups in total. The first-order chi connectivity index (χ1) is 9.11. The zero-order chi connectivity index (χ0) is 13.6. The Morgan fingerprint density at radius 2 is 2.32 bits per heavy atom. The third-order valence-electron chi connectivity index (χ3n) is 4.39. The van der Waals surface area contributed by atoms with Crippen LogP contribution in [0.2, 0.25) is 0 Å². The summed E-state index contributed by atoms with van der Waals surface area (Å²) in [6.45, 7) is 1.73. The van der Waals surface area contributed by atoms with Crippen molar-refractivity contribution in [3.63, 3.8) is 0 Å². The van der Waals surface area contributed by atoms with Crippen molar-refractivity contribution < 1.29 is 9.90 Å². The standard InChI is InChI=1S/C14H17BrN2O2/c1-17-11-5-6-16-7-9(11)12(14(18)19)8-3-2-4-10(15)13(8)17/h2-4,9,11-12,16H,5-7H2,1H3,(H,18,19). The van der Waals surface area contributed by atoms with Gasteiger partial charge >= 0.3 is 5.97 Å². The molecule has 3 atom stereocenters. The van der Waals surface area contributed by atoms with Crippen LogP contribution in [0.1, 0.15) is 17.9 Å². The number of aliphatic carboxylic acids is 1. The second-order valence-electron chi connectivity index (χ2n) is 5.33. The lowest BCUT2D eigenvalue weighted by Gasteiger charge is -2.47. The van der Waals surface area contributed by atoms with Gasteiger partial charge in [-0.15, -0.1) is 0 Å². The van der Waals surface area contributed by atoms with Crippen LogP contribution in [0.25, 0.3) is 0 Å². The summed E-state index contributed by atoms with van der Waals surface area (Å²) in [6.07, 6.45) is 0.992. The highest BCUT2D eigenvalue weighted by Crippen LogP contribution is 2.46. The van der Waals surface area contributed by atoms with Crippen molar-refractivity contribution in [3.05, 3.63) is 28.2 Å². The molecular formula is C14H17BrN2O2. The van der Waals surface area contributed by atoms with E-state index in [2.05, 4.69) is 33.2 Å². The molecule has 1 fully saturated rings. The molecule has 3 rings (SSSR count). The number of carboxylic acids is 1. The van der Waals surface area contributed by atoms with Gasteiger partial charge in [-0.1, -0.05) is 12.1 Å². The minimum absolute atomic E-state index is 0.137. The van der Waals surface area contributed by atoms with Crippen LogP contribution in [0.4, 0.5) is 5.69 Å². The molecule has 1 aromatic carbocycles. The van der Waals surface area contributed by atoms with Crippen LogP contribution >= 0.6 is 15.9 Å². The first kappa shape index (κ1) is 12.9. The summed E-state index contributed by atoms with van der Waals surface area (Å²) >= 11 is 3.57. The number of hydrogen-bond acceptors (Lipinski definition) is 3. The molecule has 0 aromatic heterocycles. The highest BCUT2D eigenvalue weighted by Gasteiger charge is 2.44. The van der Waals surface area contributed by atoms with E-state index < -0.39 is 11.9 Å². The lowest BCUT2D eigenvalue weighted by atomic mass is 9.74. The maximum atomic E-state index is 11.7. The summed E-state index contributed by atoms with van der Waals surface area (Å²) in [5.41, 5.74) is 1.97. The van der Waals surface area contributed by atoms with E-state index in [4.69, 9.17) is 0 Å². The second-order valence-corrected chi connectivity index (χ2v) is 6.18. The van der Waals surface area contributed by atoms with Crippen LogP contribution in [-0.4, -0.2) is 37.3 Å². The molecule has 19 heavy (non-hydrogen) atoms. The molecule has 0 saturated carbocycles. The van der Waals surface area contributed by atoms with Gasteiger partial charge in [0.25, 0.3) is 0 Å². The maximum Gasteiger partial charge on any atom is 0.311 e. The van der Waals surface area contributed by atoms with E-state index in [1.165, 1.54) is 0 Å². The van der Waals surface area contributed by atoms with Gasteiger partial charge in [-0.2, -0.15) is 0 Å². The second kappa shape index (κ2) is 4.80. The molecule has 2 aliphatic heterocycles. The largest absolute Gasteiger partial charge is 0.481 e. The number of fused-ring (bicyclic) bond motifs is 2. The molecule has 3 unspecified atom stereocenters. The molecule has 0 spiro atoms. The monoisotopic (exact) mass is 324 g/mol. The Balaban J connectivity index is 2.16. The van der Waals surface area contributed by atoms with Crippen molar-refractivity contribution in [1.82, 2.24) is 5.32 Å². The Morgan fingerprint density at radius 3 is 3.05 bits per heavy atom. The highest BCUT2D eigenvalue weighted by atomic mass is 79.9. The Bertz CT molecular complexity index is 520. The Kier molecular flexibility index (Phi) is 3.27. The van der Waals surface area contributed by atoms with Crippen LogP contribution in [0.3, 0.4) is 0 Å². The Labute approximate surface area is 120 Å². The summed E-state index contributed by atoms with van der Waals surface area (Å²) in [7, 11) is 2.07. The number of carboxylic acid groups (broad SMARTS) is 1. The number of hydrogen-bond donors (Lipinski definition) is 2. The highest BCUT2D eigenvalue weighted by molar-refractivity contribution is 9.10. The van der Waals surface area contributed by atoms with Gasteiger partial charge in [0.1, 0.15) is 0 Å². The lowest BCUT2D eigenvalue weighted by molar-refractivity contribution is -0.140. The number of rotatable bonds is 1. The van der Waals surface area contributed by atoms with Gasteiger partial charge in [0.15, 0.2) is 0 Å². The van der Waals surface area contributed by atoms with E-state index in [1.807, 2.05) is 18.2 Å². The van der Waals surface area contributed by atoms with E-state index >= 15 is 0 Å². The fourth-order valence-corrected chi connectivity index (χ4v) is 4.22. The molecule has 1 aromatic rings. The fraction of sp³-hybridized carbons (Fsp3) is 0.500. The smallest absolute Gasteiger partial charge is 0.311 e. The average Bonchev–Trinajstić information content (AvgIpc) is 2.38. The van der Waals surface area contributed by atoms with Crippen molar-refractivity contribution in [3.8, 4) is 0 Å². The third-order valence-corrected chi connectivity index (χ3v) is 5.03. The molecule has 1 saturated heterocycles. The van der Waals surface area contributed by atoms with Crippen LogP contribution in [-0.2, 0) is 4.79 Å². The number of nitrogens with one attached hydrogen (secondary N) is 1. The maximum absolute atomic E-state index is 11.7. The molecule has 102 valence electrons. The first-order valence-electron chi connectivity index (χ1n) is 6.56. The number of benzene rings is 1. The molecule has 0 amide bonds. The normalized spacial score (nSPS) is 29.6. The van der Waals surface area contributed by atoms with Crippen LogP contribution in [0.5, 0.6) is 0 Å². The third kappa shape index (κ3) is 1.96. The van der Waals surface area contributed by atoms with E-state index in [0.29, 0.717) is 6.04 Å². The predicted molar refractivity (Wildman–Crippen MR) is 77.7 cm³/mol. The first-order valence-corrected chi connectivity index (χ1v) is 7.35. The van der Waals surface area contributed by atoms with Crippen molar-refractivity contribution in [1.29, 1.82) is 0 Å². The molecule has 4 nitrogen and oxygen atoms in total. The summed E-state index contributed by atoms with van der Waals surface area (Å²) < 4.78 is 0.982. The number of piperidine rings is 1. The minimum Gasteiger partial charge on any atom is -0.481 e. The van der Waals surface area contributed by atoms with Gasteiger partial charge in [0, 0.05) is 30.0 Å². The van der Waals surface area contributed by atoms with Crippen LogP contribution < -0.4 is 10.2 Å². The number of para-hydroxylation sites is 1. The SMILES string of the molecule is CN1c2c(Br)cccc2C(C(=O)O)C2CNCCC21. The summed E-state index contributed by atoms with van der Waals surface area (Å²) in [6, 6.07) is 6.15. The van der Waals surface area contributed by atoms with Gasteiger partial charge in [0.05, 0.1) is 11.6 Å². The lowest BCUT2D eigenvalue weighted by Crippen LogP contribution is -2.54. The molecule has 0 radical (unpaired) electrons. The number of halogens is 1. The van der Waals surface area contributed by atoms with Gasteiger partial charge in [0.2, 0.25) is 0 Å². The molecule has 5 heteroatoms. The van der Waals surface area contributed by atoms with Gasteiger partial charge in [-0.3, -0.25) is 4.79 Å². The van der Waals surface area contributed by atoms with Crippen molar-refractivity contribution in [2.24, 2.45) is 5.92 Å². The predicted octanol–water partition coefficient (Wildman–Crippen LogP) is 2.05. The topological polar surface area (TPSA) is 52.6 Å². The molecule has 2 aliphatic rings. The number of anilines is 1. The summed E-state index contributed by atoms with van der Waals surface area (Å²) in [5.74, 6) is -0.995. The van der Waals surface area contributed by atoms with Crippen LogP contribution in [0, 0.1) is 5.92 Å². The molecular weight excluding hydrogens is 308 g/mol. The average molecular weight is 325 g/mol.